The Bertz CT molecular complexity index is 369. The zero-order chi connectivity index (χ0) is 12.1. The molecule has 0 saturated carbocycles. The van der Waals surface area contributed by atoms with E-state index in [1.807, 2.05) is 0 Å². The molecule has 1 aromatic rings. The van der Waals surface area contributed by atoms with Gasteiger partial charge in [-0.3, -0.25) is 4.79 Å². The predicted molar refractivity (Wildman–Crippen MR) is 71.1 cm³/mol. The number of nitrogens with one attached hydrogen (secondary N) is 2. The first kappa shape index (κ1) is 12.6. The van der Waals surface area contributed by atoms with Crippen molar-refractivity contribution in [3.63, 3.8) is 0 Å². The molecule has 1 fully saturated rings. The van der Waals surface area contributed by atoms with Crippen LogP contribution in [0.25, 0.3) is 0 Å². The maximum Gasteiger partial charge on any atom is 0.220 e. The number of amides is 1. The first-order chi connectivity index (χ1) is 8.24. The number of hydrogen-bond acceptors (Lipinski definition) is 3. The summed E-state index contributed by atoms with van der Waals surface area (Å²) < 4.78 is 0. The van der Waals surface area contributed by atoms with E-state index < -0.39 is 0 Å². The van der Waals surface area contributed by atoms with Crippen molar-refractivity contribution >= 4 is 17.2 Å². The van der Waals surface area contributed by atoms with E-state index in [0.717, 1.165) is 19.5 Å². The van der Waals surface area contributed by atoms with Crippen LogP contribution in [0.2, 0.25) is 0 Å². The van der Waals surface area contributed by atoms with Crippen molar-refractivity contribution in [2.45, 2.75) is 32.7 Å². The number of hydrogen-bond donors (Lipinski definition) is 2. The lowest BCUT2D eigenvalue weighted by atomic mass is 10.0. The van der Waals surface area contributed by atoms with Gasteiger partial charge in [-0.1, -0.05) is 0 Å². The first-order valence-corrected chi connectivity index (χ1v) is 7.08. The van der Waals surface area contributed by atoms with E-state index in [-0.39, 0.29) is 5.91 Å². The fourth-order valence-electron chi connectivity index (χ4n) is 2.15. The lowest BCUT2D eigenvalue weighted by Crippen LogP contribution is -2.23. The molecular weight excluding hydrogens is 232 g/mol. The summed E-state index contributed by atoms with van der Waals surface area (Å²) in [6.45, 7) is 4.96. The van der Waals surface area contributed by atoms with Crippen molar-refractivity contribution in [2.24, 2.45) is 5.92 Å². The van der Waals surface area contributed by atoms with Gasteiger partial charge in [-0.25, -0.2) is 0 Å². The third kappa shape index (κ3) is 4.13. The molecule has 1 aromatic heterocycles. The molecular formula is C13H20N2OS. The van der Waals surface area contributed by atoms with Gasteiger partial charge >= 0.3 is 0 Å². The van der Waals surface area contributed by atoms with E-state index in [1.165, 1.54) is 16.2 Å². The second kappa shape index (κ2) is 6.17. The van der Waals surface area contributed by atoms with Crippen molar-refractivity contribution in [3.05, 3.63) is 21.9 Å². The average molecular weight is 252 g/mol. The van der Waals surface area contributed by atoms with E-state index in [4.69, 9.17) is 0 Å². The molecule has 17 heavy (non-hydrogen) atoms. The van der Waals surface area contributed by atoms with Crippen molar-refractivity contribution in [1.29, 1.82) is 0 Å². The highest BCUT2D eigenvalue weighted by atomic mass is 32.1. The van der Waals surface area contributed by atoms with Crippen LogP contribution in [0.5, 0.6) is 0 Å². The molecule has 0 aromatic carbocycles. The van der Waals surface area contributed by atoms with E-state index >= 15 is 0 Å². The summed E-state index contributed by atoms with van der Waals surface area (Å²) >= 11 is 1.75. The summed E-state index contributed by atoms with van der Waals surface area (Å²) in [6.07, 6.45) is 2.90. The standard InChI is InChI=1S/C13H20N2OS/c1-10-2-4-12(17-10)9-15-13(16)5-3-11-6-7-14-8-11/h2,4,11,14H,3,5-9H2,1H3,(H,15,16). The van der Waals surface area contributed by atoms with E-state index in [9.17, 15) is 4.79 Å². The summed E-state index contributed by atoms with van der Waals surface area (Å²) in [4.78, 5) is 14.2. The Morgan fingerprint density at radius 3 is 3.12 bits per heavy atom. The summed E-state index contributed by atoms with van der Waals surface area (Å²) in [5.41, 5.74) is 0. The third-order valence-electron chi connectivity index (χ3n) is 3.20. The zero-order valence-corrected chi connectivity index (χ0v) is 11.1. The average Bonchev–Trinajstić information content (AvgIpc) is 2.95. The van der Waals surface area contributed by atoms with Crippen molar-refractivity contribution < 1.29 is 4.79 Å². The maximum absolute atomic E-state index is 11.7. The smallest absolute Gasteiger partial charge is 0.220 e. The van der Waals surface area contributed by atoms with Crippen LogP contribution >= 0.6 is 11.3 Å². The highest BCUT2D eigenvalue weighted by molar-refractivity contribution is 7.11. The maximum atomic E-state index is 11.7. The minimum absolute atomic E-state index is 0.183. The van der Waals surface area contributed by atoms with Gasteiger partial charge in [-0.15, -0.1) is 11.3 Å². The van der Waals surface area contributed by atoms with Crippen molar-refractivity contribution in [2.75, 3.05) is 13.1 Å². The van der Waals surface area contributed by atoms with Crippen molar-refractivity contribution in [3.8, 4) is 0 Å². The lowest BCUT2D eigenvalue weighted by molar-refractivity contribution is -0.121. The normalized spacial score (nSPS) is 19.5. The molecule has 4 heteroatoms. The van der Waals surface area contributed by atoms with Gasteiger partial charge in [0.1, 0.15) is 0 Å². The molecule has 1 amide bonds. The molecule has 0 bridgehead atoms. The molecule has 2 N–H and O–H groups in total. The molecule has 0 radical (unpaired) electrons. The van der Waals surface area contributed by atoms with Gasteiger partial charge in [-0.05, 0) is 50.9 Å². The Hall–Kier alpha value is -0.870. The van der Waals surface area contributed by atoms with Gasteiger partial charge < -0.3 is 10.6 Å². The van der Waals surface area contributed by atoms with Crippen LogP contribution in [-0.4, -0.2) is 19.0 Å². The molecule has 1 aliphatic heterocycles. The Kier molecular flexibility index (Phi) is 4.57. The van der Waals surface area contributed by atoms with Crippen LogP contribution in [0.3, 0.4) is 0 Å². The third-order valence-corrected chi connectivity index (χ3v) is 4.20. The first-order valence-electron chi connectivity index (χ1n) is 6.27. The molecule has 1 aliphatic rings. The largest absolute Gasteiger partial charge is 0.351 e. The van der Waals surface area contributed by atoms with E-state index in [0.29, 0.717) is 18.9 Å². The van der Waals surface area contributed by atoms with Gasteiger partial charge in [0.2, 0.25) is 5.91 Å². The molecule has 1 saturated heterocycles. The van der Waals surface area contributed by atoms with Gasteiger partial charge in [0.25, 0.3) is 0 Å². The van der Waals surface area contributed by atoms with Crippen LogP contribution in [0.4, 0.5) is 0 Å². The van der Waals surface area contributed by atoms with Crippen LogP contribution in [0, 0.1) is 12.8 Å². The number of carbonyl (C=O) groups is 1. The molecule has 0 spiro atoms. The van der Waals surface area contributed by atoms with Gasteiger partial charge in [-0.2, -0.15) is 0 Å². The highest BCUT2D eigenvalue weighted by Crippen LogP contribution is 2.16. The highest BCUT2D eigenvalue weighted by Gasteiger charge is 2.15. The summed E-state index contributed by atoms with van der Waals surface area (Å²) in [5, 5.41) is 6.31. The van der Waals surface area contributed by atoms with Gasteiger partial charge in [0.15, 0.2) is 0 Å². The number of aryl methyl sites for hydroxylation is 1. The quantitative estimate of drug-likeness (QED) is 0.842. The topological polar surface area (TPSA) is 41.1 Å². The molecule has 1 atom stereocenters. The Morgan fingerprint density at radius 1 is 1.59 bits per heavy atom. The second-order valence-corrected chi connectivity index (χ2v) is 6.06. The fraction of sp³-hybridized carbons (Fsp3) is 0.615. The molecule has 94 valence electrons. The molecule has 2 heterocycles. The SMILES string of the molecule is Cc1ccc(CNC(=O)CCC2CCNC2)s1. The summed E-state index contributed by atoms with van der Waals surface area (Å²) in [7, 11) is 0. The molecule has 2 rings (SSSR count). The molecule has 0 aliphatic carbocycles. The second-order valence-electron chi connectivity index (χ2n) is 4.69. The van der Waals surface area contributed by atoms with Crippen LogP contribution in [0.1, 0.15) is 29.0 Å². The Morgan fingerprint density at radius 2 is 2.47 bits per heavy atom. The van der Waals surface area contributed by atoms with E-state index in [2.05, 4.69) is 29.7 Å². The van der Waals surface area contributed by atoms with Crippen LogP contribution < -0.4 is 10.6 Å². The van der Waals surface area contributed by atoms with Crippen LogP contribution in [0.15, 0.2) is 12.1 Å². The zero-order valence-electron chi connectivity index (χ0n) is 10.3. The summed E-state index contributed by atoms with van der Waals surface area (Å²) in [5.74, 6) is 0.882. The Labute approximate surface area is 107 Å². The molecule has 1 unspecified atom stereocenters. The minimum Gasteiger partial charge on any atom is -0.351 e. The predicted octanol–water partition coefficient (Wildman–Crippen LogP) is 2.06. The monoisotopic (exact) mass is 252 g/mol. The number of rotatable bonds is 5. The number of thiophene rings is 1. The Balaban J connectivity index is 1.63. The molecule has 3 nitrogen and oxygen atoms in total. The van der Waals surface area contributed by atoms with Gasteiger partial charge in [0, 0.05) is 16.2 Å². The fourth-order valence-corrected chi connectivity index (χ4v) is 2.98. The van der Waals surface area contributed by atoms with Crippen molar-refractivity contribution in [1.82, 2.24) is 10.6 Å². The lowest BCUT2D eigenvalue weighted by Gasteiger charge is -2.07. The van der Waals surface area contributed by atoms with Crippen LogP contribution in [-0.2, 0) is 11.3 Å². The van der Waals surface area contributed by atoms with E-state index in [1.54, 1.807) is 11.3 Å². The minimum atomic E-state index is 0.183. The van der Waals surface area contributed by atoms with Gasteiger partial charge in [0.05, 0.1) is 6.54 Å². The number of carbonyl (C=O) groups excluding carboxylic acids is 1. The summed E-state index contributed by atoms with van der Waals surface area (Å²) in [6, 6.07) is 4.18.